The second-order valence-electron chi connectivity index (χ2n) is 12.1. The second kappa shape index (κ2) is 14.5. The number of nitrogens with one attached hydrogen (secondary N) is 1. The molecule has 0 saturated carbocycles. The van der Waals surface area contributed by atoms with Crippen LogP contribution in [0.3, 0.4) is 0 Å². The van der Waals surface area contributed by atoms with Gasteiger partial charge in [0.15, 0.2) is 0 Å². The predicted octanol–water partition coefficient (Wildman–Crippen LogP) is 6.76. The van der Waals surface area contributed by atoms with Gasteiger partial charge in [0.1, 0.15) is 11.9 Å². The summed E-state index contributed by atoms with van der Waals surface area (Å²) in [7, 11) is 0. The van der Waals surface area contributed by atoms with Crippen molar-refractivity contribution < 1.29 is 9.53 Å². The maximum absolute atomic E-state index is 13.2. The minimum Gasteiger partial charge on any atom is -0.490 e. The van der Waals surface area contributed by atoms with Crippen LogP contribution in [0, 0.1) is 0 Å². The molecule has 2 heterocycles. The van der Waals surface area contributed by atoms with Gasteiger partial charge in [-0.1, -0.05) is 97.1 Å². The first-order valence-corrected chi connectivity index (χ1v) is 15.9. The first kappa shape index (κ1) is 29.2. The summed E-state index contributed by atoms with van der Waals surface area (Å²) in [6.45, 7) is 5.88. The topological polar surface area (TPSA) is 44.8 Å². The molecule has 0 bridgehead atoms. The SMILES string of the molecule is O=C(NC1CCCN(Cc2ccccc2)C1)c1cccc(OC2CCN(CC(c3ccccc3)c3ccccc3)CC2)c1. The standard InChI is InChI=1S/C38H43N3O2/c42-38(39-34-19-11-23-41(28-34)27-30-12-4-1-5-13-30)33-18-10-20-36(26-33)43-35-21-24-40(25-22-35)29-37(31-14-6-2-7-15-31)32-16-8-3-9-17-32/h1-10,12-18,20,26,34-35,37H,11,19,21-25,27-29H2,(H,39,42). The summed E-state index contributed by atoms with van der Waals surface area (Å²) >= 11 is 0. The van der Waals surface area contributed by atoms with Crippen LogP contribution in [-0.2, 0) is 6.54 Å². The van der Waals surface area contributed by atoms with Crippen LogP contribution in [0.4, 0.5) is 0 Å². The van der Waals surface area contributed by atoms with E-state index in [2.05, 4.69) is 106 Å². The Balaban J connectivity index is 1.00. The van der Waals surface area contributed by atoms with Crippen molar-refractivity contribution in [1.29, 1.82) is 0 Å². The first-order chi connectivity index (χ1) is 21.2. The average molecular weight is 574 g/mol. The Morgan fingerprint density at radius 2 is 1.40 bits per heavy atom. The number of hydrogen-bond acceptors (Lipinski definition) is 4. The van der Waals surface area contributed by atoms with E-state index in [1.807, 2.05) is 24.3 Å². The largest absolute Gasteiger partial charge is 0.490 e. The molecule has 43 heavy (non-hydrogen) atoms. The number of nitrogens with zero attached hydrogens (tertiary/aromatic N) is 2. The molecule has 1 N–H and O–H groups in total. The highest BCUT2D eigenvalue weighted by Crippen LogP contribution is 2.28. The zero-order valence-electron chi connectivity index (χ0n) is 25.0. The fourth-order valence-electron chi connectivity index (χ4n) is 6.57. The van der Waals surface area contributed by atoms with Crippen LogP contribution in [0.1, 0.15) is 58.6 Å². The van der Waals surface area contributed by atoms with Crippen LogP contribution < -0.4 is 10.1 Å². The highest BCUT2D eigenvalue weighted by Gasteiger charge is 2.25. The maximum Gasteiger partial charge on any atom is 0.251 e. The molecule has 1 amide bonds. The van der Waals surface area contributed by atoms with Gasteiger partial charge in [0, 0.05) is 50.2 Å². The van der Waals surface area contributed by atoms with Gasteiger partial charge in [0.05, 0.1) is 0 Å². The molecule has 222 valence electrons. The van der Waals surface area contributed by atoms with Gasteiger partial charge < -0.3 is 15.0 Å². The van der Waals surface area contributed by atoms with Gasteiger partial charge in [-0.2, -0.15) is 0 Å². The number of ether oxygens (including phenoxy) is 1. The molecule has 5 heteroatoms. The molecule has 0 aromatic heterocycles. The van der Waals surface area contributed by atoms with Gasteiger partial charge in [-0.3, -0.25) is 9.69 Å². The summed E-state index contributed by atoms with van der Waals surface area (Å²) in [5.74, 6) is 1.12. The second-order valence-corrected chi connectivity index (χ2v) is 12.1. The van der Waals surface area contributed by atoms with E-state index in [4.69, 9.17) is 4.74 Å². The van der Waals surface area contributed by atoms with Gasteiger partial charge in [-0.15, -0.1) is 0 Å². The molecule has 4 aromatic rings. The molecule has 0 spiro atoms. The van der Waals surface area contributed by atoms with E-state index in [0.717, 1.165) is 70.7 Å². The summed E-state index contributed by atoms with van der Waals surface area (Å²) in [5, 5.41) is 3.29. The number of rotatable bonds is 10. The molecular weight excluding hydrogens is 530 g/mol. The van der Waals surface area contributed by atoms with Crippen molar-refractivity contribution in [3.8, 4) is 5.75 Å². The van der Waals surface area contributed by atoms with Crippen molar-refractivity contribution >= 4 is 5.91 Å². The number of hydrogen-bond donors (Lipinski definition) is 1. The Bertz CT molecular complexity index is 1380. The number of carbonyl (C=O) groups excluding carboxylic acids is 1. The summed E-state index contributed by atoms with van der Waals surface area (Å²) in [6.07, 6.45) is 4.22. The molecule has 2 fully saturated rings. The minimum absolute atomic E-state index is 0.0142. The Kier molecular flexibility index (Phi) is 9.83. The molecule has 0 radical (unpaired) electrons. The van der Waals surface area contributed by atoms with Crippen molar-refractivity contribution in [2.75, 3.05) is 32.7 Å². The van der Waals surface area contributed by atoms with Crippen LogP contribution >= 0.6 is 0 Å². The normalized spacial score (nSPS) is 18.4. The molecule has 2 aliphatic rings. The molecular formula is C38H43N3O2. The zero-order chi connectivity index (χ0) is 29.3. The lowest BCUT2D eigenvalue weighted by Crippen LogP contribution is -2.47. The molecule has 2 saturated heterocycles. The Labute approximate surface area is 256 Å². The van der Waals surface area contributed by atoms with E-state index in [1.54, 1.807) is 0 Å². The number of amides is 1. The van der Waals surface area contributed by atoms with Gasteiger partial charge in [-0.25, -0.2) is 0 Å². The molecule has 6 rings (SSSR count). The fraction of sp³-hybridized carbons (Fsp3) is 0.342. The van der Waals surface area contributed by atoms with Crippen molar-refractivity contribution in [2.45, 2.75) is 50.3 Å². The van der Waals surface area contributed by atoms with Gasteiger partial charge in [0.25, 0.3) is 5.91 Å². The molecule has 1 atom stereocenters. The molecule has 2 aliphatic heterocycles. The van der Waals surface area contributed by atoms with E-state index < -0.39 is 0 Å². The van der Waals surface area contributed by atoms with Gasteiger partial charge in [0.2, 0.25) is 0 Å². The van der Waals surface area contributed by atoms with E-state index in [-0.39, 0.29) is 18.1 Å². The quantitative estimate of drug-likeness (QED) is 0.228. The van der Waals surface area contributed by atoms with Crippen LogP contribution in [0.2, 0.25) is 0 Å². The smallest absolute Gasteiger partial charge is 0.251 e. The highest BCUT2D eigenvalue weighted by molar-refractivity contribution is 5.94. The fourth-order valence-corrected chi connectivity index (χ4v) is 6.57. The number of carbonyl (C=O) groups is 1. The zero-order valence-corrected chi connectivity index (χ0v) is 25.0. The molecule has 0 aliphatic carbocycles. The lowest BCUT2D eigenvalue weighted by atomic mass is 9.90. The monoisotopic (exact) mass is 573 g/mol. The third-order valence-corrected chi connectivity index (χ3v) is 8.87. The van der Waals surface area contributed by atoms with E-state index in [1.165, 1.54) is 16.7 Å². The van der Waals surface area contributed by atoms with Crippen molar-refractivity contribution in [1.82, 2.24) is 15.1 Å². The van der Waals surface area contributed by atoms with E-state index in [9.17, 15) is 4.79 Å². The van der Waals surface area contributed by atoms with Crippen molar-refractivity contribution in [3.05, 3.63) is 138 Å². The Morgan fingerprint density at radius 3 is 2.07 bits per heavy atom. The third kappa shape index (κ3) is 8.13. The summed E-state index contributed by atoms with van der Waals surface area (Å²) in [6, 6.07) is 40.1. The number of piperidine rings is 2. The average Bonchev–Trinajstić information content (AvgIpc) is 3.06. The number of benzene rings is 4. The van der Waals surface area contributed by atoms with E-state index in [0.29, 0.717) is 11.5 Å². The molecule has 1 unspecified atom stereocenters. The lowest BCUT2D eigenvalue weighted by molar-refractivity contribution is 0.0894. The van der Waals surface area contributed by atoms with Crippen LogP contribution in [0.15, 0.2) is 115 Å². The van der Waals surface area contributed by atoms with Gasteiger partial charge in [-0.05, 0) is 67.1 Å². The number of likely N-dealkylation sites (tertiary alicyclic amines) is 2. The maximum atomic E-state index is 13.2. The first-order valence-electron chi connectivity index (χ1n) is 15.9. The van der Waals surface area contributed by atoms with E-state index >= 15 is 0 Å². The Hall–Kier alpha value is -3.93. The van der Waals surface area contributed by atoms with Gasteiger partial charge >= 0.3 is 0 Å². The molecule has 5 nitrogen and oxygen atoms in total. The van der Waals surface area contributed by atoms with Crippen LogP contribution in [-0.4, -0.2) is 60.6 Å². The molecule has 4 aromatic carbocycles. The lowest BCUT2D eigenvalue weighted by Gasteiger charge is -2.35. The summed E-state index contributed by atoms with van der Waals surface area (Å²) < 4.78 is 6.43. The highest BCUT2D eigenvalue weighted by atomic mass is 16.5. The van der Waals surface area contributed by atoms with Crippen molar-refractivity contribution in [2.24, 2.45) is 0 Å². The van der Waals surface area contributed by atoms with Crippen LogP contribution in [0.5, 0.6) is 5.75 Å². The Morgan fingerprint density at radius 1 is 0.744 bits per heavy atom. The summed E-state index contributed by atoms with van der Waals surface area (Å²) in [5.41, 5.74) is 4.71. The van der Waals surface area contributed by atoms with Crippen LogP contribution in [0.25, 0.3) is 0 Å². The van der Waals surface area contributed by atoms with Crippen molar-refractivity contribution in [3.63, 3.8) is 0 Å². The third-order valence-electron chi connectivity index (χ3n) is 8.87. The summed E-state index contributed by atoms with van der Waals surface area (Å²) in [4.78, 5) is 18.2. The minimum atomic E-state index is -0.0142. The predicted molar refractivity (Wildman–Crippen MR) is 173 cm³/mol.